The molecule has 9 heteroatoms. The van der Waals surface area contributed by atoms with Crippen molar-refractivity contribution in [3.8, 4) is 0 Å². The minimum Gasteiger partial charge on any atom is -0.315 e. The molecule has 0 radical (unpaired) electrons. The number of hydrogen-bond acceptors (Lipinski definition) is 5. The number of sulfonamides is 1. The van der Waals surface area contributed by atoms with Crippen LogP contribution in [0.2, 0.25) is 5.02 Å². The molecular weight excluding hydrogens is 318 g/mol. The third kappa shape index (κ3) is 3.70. The van der Waals surface area contributed by atoms with Gasteiger partial charge in [0.25, 0.3) is 5.69 Å². The zero-order chi connectivity index (χ0) is 15.6. The van der Waals surface area contributed by atoms with Crippen LogP contribution in [0.25, 0.3) is 0 Å². The first-order chi connectivity index (χ1) is 9.81. The lowest BCUT2D eigenvalue weighted by Crippen LogP contribution is -2.50. The number of benzene rings is 1. The summed E-state index contributed by atoms with van der Waals surface area (Å²) in [6.45, 7) is 3.27. The number of nitro groups is 1. The molecule has 2 N–H and O–H groups in total. The van der Waals surface area contributed by atoms with Crippen LogP contribution in [0.1, 0.15) is 13.3 Å². The Kier molecular flexibility index (Phi) is 4.82. The van der Waals surface area contributed by atoms with Gasteiger partial charge in [-0.15, -0.1) is 0 Å². The Balaban J connectivity index is 2.35. The topological polar surface area (TPSA) is 101 Å². The average Bonchev–Trinajstić information content (AvgIpc) is 2.41. The van der Waals surface area contributed by atoms with Crippen LogP contribution in [0.3, 0.4) is 0 Å². The molecule has 1 aliphatic heterocycles. The van der Waals surface area contributed by atoms with Crippen molar-refractivity contribution in [2.75, 3.05) is 13.1 Å². The van der Waals surface area contributed by atoms with Gasteiger partial charge in [0.1, 0.15) is 0 Å². The second-order valence-corrected chi connectivity index (χ2v) is 7.19. The van der Waals surface area contributed by atoms with Gasteiger partial charge in [-0.1, -0.05) is 18.5 Å². The highest BCUT2D eigenvalue weighted by Gasteiger charge is 2.31. The van der Waals surface area contributed by atoms with E-state index in [-0.39, 0.29) is 17.0 Å². The molecule has 1 aromatic carbocycles. The largest absolute Gasteiger partial charge is 0.315 e. The van der Waals surface area contributed by atoms with Gasteiger partial charge < -0.3 is 5.32 Å². The highest BCUT2D eigenvalue weighted by molar-refractivity contribution is 7.89. The first-order valence-electron chi connectivity index (χ1n) is 6.48. The first-order valence-corrected chi connectivity index (χ1v) is 8.34. The molecular formula is C12H16ClN3O4S. The van der Waals surface area contributed by atoms with Crippen molar-refractivity contribution in [3.63, 3.8) is 0 Å². The standard InChI is InChI=1S/C12H16ClN3O4S/c1-8-4-5-14-7-10(8)15-21(19,20)12-6-9(13)2-3-11(12)16(17)18/h2-3,6,8,10,14-15H,4-5,7H2,1H3. The van der Waals surface area contributed by atoms with Crippen molar-refractivity contribution in [2.45, 2.75) is 24.3 Å². The summed E-state index contributed by atoms with van der Waals surface area (Å²) >= 11 is 5.77. The minimum atomic E-state index is -4.01. The number of halogens is 1. The van der Waals surface area contributed by atoms with Gasteiger partial charge in [-0.05, 0) is 31.0 Å². The highest BCUT2D eigenvalue weighted by atomic mass is 35.5. The molecule has 7 nitrogen and oxygen atoms in total. The quantitative estimate of drug-likeness (QED) is 0.642. The summed E-state index contributed by atoms with van der Waals surface area (Å²) in [6, 6.07) is 3.19. The Labute approximate surface area is 127 Å². The van der Waals surface area contributed by atoms with Crippen LogP contribution in [0, 0.1) is 16.0 Å². The van der Waals surface area contributed by atoms with Crippen LogP contribution >= 0.6 is 11.6 Å². The van der Waals surface area contributed by atoms with Gasteiger partial charge in [0, 0.05) is 23.7 Å². The molecule has 0 amide bonds. The summed E-state index contributed by atoms with van der Waals surface area (Å²) in [5, 5.41) is 14.2. The van der Waals surface area contributed by atoms with E-state index in [2.05, 4.69) is 10.0 Å². The van der Waals surface area contributed by atoms with Crippen molar-refractivity contribution >= 4 is 27.3 Å². The van der Waals surface area contributed by atoms with E-state index in [1.54, 1.807) is 0 Å². The van der Waals surface area contributed by atoms with E-state index in [1.165, 1.54) is 6.07 Å². The van der Waals surface area contributed by atoms with Gasteiger partial charge in [-0.2, -0.15) is 0 Å². The van der Waals surface area contributed by atoms with Crippen LogP contribution in [0.5, 0.6) is 0 Å². The molecule has 0 saturated carbocycles. The molecule has 1 aliphatic rings. The summed E-state index contributed by atoms with van der Waals surface area (Å²) in [7, 11) is -4.01. The molecule has 1 saturated heterocycles. The molecule has 0 bridgehead atoms. The second kappa shape index (κ2) is 6.27. The maximum atomic E-state index is 12.4. The van der Waals surface area contributed by atoms with E-state index < -0.39 is 25.5 Å². The van der Waals surface area contributed by atoms with Crippen LogP contribution in [-0.4, -0.2) is 32.5 Å². The Hall–Kier alpha value is -1.22. The number of nitrogens with one attached hydrogen (secondary N) is 2. The summed E-state index contributed by atoms with van der Waals surface area (Å²) < 4.78 is 27.4. The van der Waals surface area contributed by atoms with Crippen LogP contribution in [0.4, 0.5) is 5.69 Å². The Morgan fingerprint density at radius 2 is 2.19 bits per heavy atom. The molecule has 2 unspecified atom stereocenters. The van der Waals surface area contributed by atoms with Gasteiger partial charge in [-0.25, -0.2) is 13.1 Å². The van der Waals surface area contributed by atoms with E-state index >= 15 is 0 Å². The third-order valence-electron chi connectivity index (χ3n) is 3.54. The highest BCUT2D eigenvalue weighted by Crippen LogP contribution is 2.27. The zero-order valence-corrected chi connectivity index (χ0v) is 12.9. The lowest BCUT2D eigenvalue weighted by Gasteiger charge is -2.29. The van der Waals surface area contributed by atoms with Crippen molar-refractivity contribution < 1.29 is 13.3 Å². The van der Waals surface area contributed by atoms with Gasteiger partial charge in [-0.3, -0.25) is 10.1 Å². The molecule has 0 aromatic heterocycles. The summed E-state index contributed by atoms with van der Waals surface area (Å²) in [5.41, 5.74) is -0.483. The normalized spacial score (nSPS) is 23.0. The molecule has 21 heavy (non-hydrogen) atoms. The van der Waals surface area contributed by atoms with E-state index in [9.17, 15) is 18.5 Å². The molecule has 0 spiro atoms. The van der Waals surface area contributed by atoms with E-state index in [4.69, 9.17) is 11.6 Å². The maximum absolute atomic E-state index is 12.4. The van der Waals surface area contributed by atoms with Gasteiger partial charge in [0.15, 0.2) is 4.90 Å². The van der Waals surface area contributed by atoms with Crippen molar-refractivity contribution in [2.24, 2.45) is 5.92 Å². The predicted molar refractivity (Wildman–Crippen MR) is 78.9 cm³/mol. The minimum absolute atomic E-state index is 0.135. The molecule has 1 aromatic rings. The molecule has 0 aliphatic carbocycles. The van der Waals surface area contributed by atoms with Crippen molar-refractivity contribution in [3.05, 3.63) is 33.3 Å². The Bertz CT molecular complexity index is 650. The fraction of sp³-hybridized carbons (Fsp3) is 0.500. The molecule has 116 valence electrons. The third-order valence-corrected chi connectivity index (χ3v) is 5.30. The monoisotopic (exact) mass is 333 g/mol. The Morgan fingerprint density at radius 3 is 2.81 bits per heavy atom. The van der Waals surface area contributed by atoms with Gasteiger partial charge >= 0.3 is 0 Å². The molecule has 2 rings (SSSR count). The summed E-state index contributed by atoms with van der Waals surface area (Å²) in [4.78, 5) is 9.86. The SMILES string of the molecule is CC1CCNCC1NS(=O)(=O)c1cc(Cl)ccc1[N+](=O)[O-]. The second-order valence-electron chi connectivity index (χ2n) is 5.07. The summed E-state index contributed by atoms with van der Waals surface area (Å²) in [6.07, 6.45) is 0.838. The first kappa shape index (κ1) is 16.2. The lowest BCUT2D eigenvalue weighted by molar-refractivity contribution is -0.387. The van der Waals surface area contributed by atoms with Gasteiger partial charge in [0.05, 0.1) is 4.92 Å². The summed E-state index contributed by atoms with van der Waals surface area (Å²) in [5.74, 6) is 0.152. The molecule has 1 fully saturated rings. The number of nitro benzene ring substituents is 1. The fourth-order valence-corrected chi connectivity index (χ4v) is 4.04. The predicted octanol–water partition coefficient (Wildman–Crippen LogP) is 1.52. The zero-order valence-electron chi connectivity index (χ0n) is 11.4. The van der Waals surface area contributed by atoms with E-state index in [1.807, 2.05) is 6.92 Å². The number of nitrogens with zero attached hydrogens (tertiary/aromatic N) is 1. The Morgan fingerprint density at radius 1 is 1.48 bits per heavy atom. The van der Waals surface area contributed by atoms with Crippen LogP contribution < -0.4 is 10.0 Å². The molecule has 2 atom stereocenters. The maximum Gasteiger partial charge on any atom is 0.289 e. The smallest absolute Gasteiger partial charge is 0.289 e. The lowest BCUT2D eigenvalue weighted by atomic mass is 9.96. The van der Waals surface area contributed by atoms with Crippen LogP contribution in [-0.2, 0) is 10.0 Å². The molecule has 1 heterocycles. The fourth-order valence-electron chi connectivity index (χ4n) is 2.26. The average molecular weight is 334 g/mol. The van der Waals surface area contributed by atoms with Crippen molar-refractivity contribution in [1.82, 2.24) is 10.0 Å². The van der Waals surface area contributed by atoms with E-state index in [0.717, 1.165) is 25.1 Å². The number of rotatable bonds is 4. The number of hydrogen-bond donors (Lipinski definition) is 2. The van der Waals surface area contributed by atoms with Crippen molar-refractivity contribution in [1.29, 1.82) is 0 Å². The van der Waals surface area contributed by atoms with Crippen LogP contribution in [0.15, 0.2) is 23.1 Å². The van der Waals surface area contributed by atoms with Gasteiger partial charge in [0.2, 0.25) is 10.0 Å². The van der Waals surface area contributed by atoms with E-state index in [0.29, 0.717) is 6.54 Å². The number of piperidine rings is 1.